The van der Waals surface area contributed by atoms with Crippen molar-refractivity contribution in [3.63, 3.8) is 0 Å². The third-order valence-electron chi connectivity index (χ3n) is 4.60. The smallest absolute Gasteiger partial charge is 0.0512 e. The minimum absolute atomic E-state index is 0.0277. The highest BCUT2D eigenvalue weighted by Gasteiger charge is 2.31. The van der Waals surface area contributed by atoms with E-state index in [1.807, 2.05) is 12.1 Å². The van der Waals surface area contributed by atoms with Crippen LogP contribution in [0.25, 0.3) is 0 Å². The van der Waals surface area contributed by atoms with Crippen molar-refractivity contribution in [2.75, 3.05) is 13.2 Å². The lowest BCUT2D eigenvalue weighted by molar-refractivity contribution is 0.0338. The van der Waals surface area contributed by atoms with E-state index in [1.165, 1.54) is 12.8 Å². The van der Waals surface area contributed by atoms with E-state index in [2.05, 4.69) is 57.8 Å². The average Bonchev–Trinajstić information content (AvgIpc) is 2.56. The number of rotatable bonds is 11. The molecule has 0 bridgehead atoms. The van der Waals surface area contributed by atoms with Crippen molar-refractivity contribution in [1.29, 1.82) is 0 Å². The molecule has 0 aromatic heterocycles. The summed E-state index contributed by atoms with van der Waals surface area (Å²) in [5, 5.41) is 19.8. The molecule has 2 unspecified atom stereocenters. The first-order chi connectivity index (χ1) is 10.9. The van der Waals surface area contributed by atoms with Crippen LogP contribution in [0.2, 0.25) is 0 Å². The van der Waals surface area contributed by atoms with Crippen LogP contribution >= 0.6 is 31.9 Å². The fraction of sp³-hybridized carbons (Fsp3) is 0.684. The van der Waals surface area contributed by atoms with Crippen molar-refractivity contribution in [3.05, 3.63) is 34.3 Å². The van der Waals surface area contributed by atoms with E-state index in [9.17, 15) is 10.2 Å². The summed E-state index contributed by atoms with van der Waals surface area (Å²) in [6.07, 6.45) is 6.26. The normalized spacial score (nSPS) is 14.7. The van der Waals surface area contributed by atoms with Crippen LogP contribution in [0.3, 0.4) is 0 Å². The Balaban J connectivity index is 2.59. The van der Waals surface area contributed by atoms with Crippen LogP contribution in [-0.4, -0.2) is 28.3 Å². The molecule has 0 radical (unpaired) electrons. The summed E-state index contributed by atoms with van der Waals surface area (Å²) in [6, 6.07) is 8.15. The van der Waals surface area contributed by atoms with Gasteiger partial charge in [0.15, 0.2) is 0 Å². The standard InChI is InChI=1S/C19H30Br2O2/c1-3-17(20)6-4-5-15(2)11-19(13-22,14-23)12-16-7-9-18(21)10-8-16/h7-10,15,17,22-23H,3-6,11-14H2,1-2H3. The lowest BCUT2D eigenvalue weighted by atomic mass is 9.75. The maximum absolute atomic E-state index is 9.92. The van der Waals surface area contributed by atoms with Gasteiger partial charge in [-0.15, -0.1) is 0 Å². The molecule has 0 fully saturated rings. The average molecular weight is 450 g/mol. The largest absolute Gasteiger partial charge is 0.396 e. The predicted molar refractivity (Wildman–Crippen MR) is 105 cm³/mol. The molecule has 0 spiro atoms. The number of aliphatic hydroxyl groups excluding tert-OH is 2. The van der Waals surface area contributed by atoms with Crippen LogP contribution < -0.4 is 0 Å². The highest BCUT2D eigenvalue weighted by atomic mass is 79.9. The van der Waals surface area contributed by atoms with Crippen LogP contribution in [0.1, 0.15) is 51.5 Å². The first-order valence-electron chi connectivity index (χ1n) is 8.55. The van der Waals surface area contributed by atoms with Gasteiger partial charge in [0.1, 0.15) is 0 Å². The van der Waals surface area contributed by atoms with Crippen molar-refractivity contribution in [2.24, 2.45) is 11.3 Å². The van der Waals surface area contributed by atoms with Gasteiger partial charge in [0, 0.05) is 14.7 Å². The Kier molecular flexibility index (Phi) is 9.98. The van der Waals surface area contributed by atoms with Gasteiger partial charge in [-0.25, -0.2) is 0 Å². The van der Waals surface area contributed by atoms with Crippen LogP contribution in [0.15, 0.2) is 28.7 Å². The van der Waals surface area contributed by atoms with E-state index >= 15 is 0 Å². The van der Waals surface area contributed by atoms with Gasteiger partial charge in [-0.1, -0.05) is 70.7 Å². The molecular weight excluding hydrogens is 420 g/mol. The van der Waals surface area contributed by atoms with E-state index < -0.39 is 5.41 Å². The highest BCUT2D eigenvalue weighted by Crippen LogP contribution is 2.33. The number of aliphatic hydroxyl groups is 2. The van der Waals surface area contributed by atoms with Crippen molar-refractivity contribution in [2.45, 2.75) is 57.2 Å². The zero-order valence-electron chi connectivity index (χ0n) is 14.3. The van der Waals surface area contributed by atoms with Gasteiger partial charge in [-0.2, -0.15) is 0 Å². The number of alkyl halides is 1. The number of hydrogen-bond acceptors (Lipinski definition) is 2. The predicted octanol–water partition coefficient (Wildman–Crippen LogP) is 5.33. The number of benzene rings is 1. The van der Waals surface area contributed by atoms with Crippen molar-refractivity contribution in [3.8, 4) is 0 Å². The van der Waals surface area contributed by atoms with Crippen LogP contribution in [-0.2, 0) is 6.42 Å². The molecule has 0 saturated heterocycles. The molecule has 0 heterocycles. The van der Waals surface area contributed by atoms with Gasteiger partial charge in [-0.3, -0.25) is 0 Å². The zero-order valence-corrected chi connectivity index (χ0v) is 17.4. The van der Waals surface area contributed by atoms with E-state index in [0.717, 1.165) is 29.3 Å². The quantitative estimate of drug-likeness (QED) is 0.448. The Bertz CT molecular complexity index is 430. The minimum Gasteiger partial charge on any atom is -0.396 e. The maximum atomic E-state index is 9.92. The second-order valence-electron chi connectivity index (χ2n) is 6.87. The summed E-state index contributed by atoms with van der Waals surface area (Å²) >= 11 is 7.12. The Hall–Kier alpha value is 0.100. The number of hydrogen-bond donors (Lipinski definition) is 2. The van der Waals surface area contributed by atoms with Crippen molar-refractivity contribution >= 4 is 31.9 Å². The molecule has 132 valence electrons. The molecule has 1 rings (SSSR count). The Morgan fingerprint density at radius 3 is 2.22 bits per heavy atom. The molecule has 0 aliphatic rings. The van der Waals surface area contributed by atoms with E-state index in [0.29, 0.717) is 17.2 Å². The molecule has 1 aromatic rings. The van der Waals surface area contributed by atoms with Gasteiger partial charge in [0.2, 0.25) is 0 Å². The molecule has 23 heavy (non-hydrogen) atoms. The van der Waals surface area contributed by atoms with Crippen LogP contribution in [0, 0.1) is 11.3 Å². The molecule has 1 aromatic carbocycles. The second-order valence-corrected chi connectivity index (χ2v) is 9.08. The summed E-state index contributed by atoms with van der Waals surface area (Å²) in [6.45, 7) is 4.49. The Morgan fingerprint density at radius 1 is 1.09 bits per heavy atom. The van der Waals surface area contributed by atoms with Crippen LogP contribution in [0.5, 0.6) is 0 Å². The molecule has 2 nitrogen and oxygen atoms in total. The molecule has 0 saturated carbocycles. The topological polar surface area (TPSA) is 40.5 Å². The summed E-state index contributed by atoms with van der Waals surface area (Å²) in [4.78, 5) is 0.609. The fourth-order valence-corrected chi connectivity index (χ4v) is 3.72. The third-order valence-corrected chi connectivity index (χ3v) is 6.24. The maximum Gasteiger partial charge on any atom is 0.0512 e. The van der Waals surface area contributed by atoms with Gasteiger partial charge >= 0.3 is 0 Å². The first kappa shape index (κ1) is 21.1. The van der Waals surface area contributed by atoms with Crippen molar-refractivity contribution < 1.29 is 10.2 Å². The molecular formula is C19H30Br2O2. The molecule has 0 aliphatic heterocycles. The van der Waals surface area contributed by atoms with Gasteiger partial charge in [0.25, 0.3) is 0 Å². The van der Waals surface area contributed by atoms with Crippen molar-refractivity contribution in [1.82, 2.24) is 0 Å². The van der Waals surface area contributed by atoms with Gasteiger partial charge < -0.3 is 10.2 Å². The lowest BCUT2D eigenvalue weighted by Crippen LogP contribution is -2.34. The van der Waals surface area contributed by atoms with Crippen LogP contribution in [0.4, 0.5) is 0 Å². The zero-order chi connectivity index (χ0) is 17.3. The summed E-state index contributed by atoms with van der Waals surface area (Å²) < 4.78 is 1.05. The monoisotopic (exact) mass is 448 g/mol. The van der Waals surface area contributed by atoms with Gasteiger partial charge in [0.05, 0.1) is 13.2 Å². The van der Waals surface area contributed by atoms with E-state index in [1.54, 1.807) is 0 Å². The second kappa shape index (κ2) is 10.9. The lowest BCUT2D eigenvalue weighted by Gasteiger charge is -2.33. The van der Waals surface area contributed by atoms with E-state index in [4.69, 9.17) is 0 Å². The minimum atomic E-state index is -0.425. The molecule has 0 aliphatic carbocycles. The first-order valence-corrected chi connectivity index (χ1v) is 10.3. The fourth-order valence-electron chi connectivity index (χ4n) is 3.13. The third kappa shape index (κ3) is 7.68. The molecule has 2 N–H and O–H groups in total. The van der Waals surface area contributed by atoms with Gasteiger partial charge in [-0.05, 0) is 49.3 Å². The SMILES string of the molecule is CCC(Br)CCCC(C)CC(CO)(CO)Cc1ccc(Br)cc1. The molecule has 2 atom stereocenters. The Morgan fingerprint density at radius 2 is 1.70 bits per heavy atom. The summed E-state index contributed by atoms with van der Waals surface area (Å²) in [5.74, 6) is 0.501. The number of halogens is 2. The Labute approximate surface area is 157 Å². The van der Waals surface area contributed by atoms with E-state index in [-0.39, 0.29) is 13.2 Å². The summed E-state index contributed by atoms with van der Waals surface area (Å²) in [7, 11) is 0. The summed E-state index contributed by atoms with van der Waals surface area (Å²) in [5.41, 5.74) is 0.737. The highest BCUT2D eigenvalue weighted by molar-refractivity contribution is 9.10. The molecule has 4 heteroatoms. The molecule has 0 amide bonds.